The first-order chi connectivity index (χ1) is 8.38. The molecule has 2 saturated heterocycles. The van der Waals surface area contributed by atoms with Crippen LogP contribution in [0.25, 0.3) is 0 Å². The van der Waals surface area contributed by atoms with E-state index in [4.69, 9.17) is 0 Å². The first-order valence-electron chi connectivity index (χ1n) is 6.91. The number of nitrogens with one attached hydrogen (secondary N) is 1. The highest BCUT2D eigenvalue weighted by Crippen LogP contribution is 2.32. The second kappa shape index (κ2) is 4.79. The third-order valence-corrected chi connectivity index (χ3v) is 4.42. The molecule has 2 fully saturated rings. The van der Waals surface area contributed by atoms with E-state index in [1.54, 1.807) is 0 Å². The average molecular weight is 230 g/mol. The molecule has 0 aliphatic carbocycles. The number of fused-ring (bicyclic) bond motifs is 2. The van der Waals surface area contributed by atoms with Crippen LogP contribution in [0.15, 0.2) is 30.3 Å². The molecule has 2 nitrogen and oxygen atoms in total. The largest absolute Gasteiger partial charge is 0.311 e. The fourth-order valence-corrected chi connectivity index (χ4v) is 3.50. The molecule has 1 aromatic carbocycles. The molecule has 2 aliphatic rings. The van der Waals surface area contributed by atoms with Crippen molar-refractivity contribution in [2.24, 2.45) is 0 Å². The first-order valence-corrected chi connectivity index (χ1v) is 6.91. The van der Waals surface area contributed by atoms with Gasteiger partial charge >= 0.3 is 0 Å². The van der Waals surface area contributed by atoms with E-state index in [1.807, 2.05) is 0 Å². The van der Waals surface area contributed by atoms with Gasteiger partial charge in [0, 0.05) is 31.2 Å². The Bertz CT molecular complexity index is 362. The van der Waals surface area contributed by atoms with Crippen LogP contribution in [-0.4, -0.2) is 29.6 Å². The topological polar surface area (TPSA) is 15.3 Å². The summed E-state index contributed by atoms with van der Waals surface area (Å²) in [6.45, 7) is 4.62. The number of piperazine rings is 1. The van der Waals surface area contributed by atoms with Crippen LogP contribution in [0.4, 0.5) is 0 Å². The van der Waals surface area contributed by atoms with Crippen LogP contribution in [0.1, 0.15) is 31.7 Å². The van der Waals surface area contributed by atoms with E-state index < -0.39 is 0 Å². The van der Waals surface area contributed by atoms with Crippen LogP contribution in [0.5, 0.6) is 0 Å². The van der Waals surface area contributed by atoms with Crippen LogP contribution in [0, 0.1) is 0 Å². The van der Waals surface area contributed by atoms with Crippen molar-refractivity contribution in [3.05, 3.63) is 35.9 Å². The van der Waals surface area contributed by atoms with Crippen molar-refractivity contribution in [2.75, 3.05) is 6.54 Å². The zero-order chi connectivity index (χ0) is 11.7. The van der Waals surface area contributed by atoms with E-state index in [0.29, 0.717) is 6.04 Å². The van der Waals surface area contributed by atoms with Crippen molar-refractivity contribution < 1.29 is 0 Å². The Labute approximate surface area is 104 Å². The van der Waals surface area contributed by atoms with Crippen molar-refractivity contribution in [3.8, 4) is 0 Å². The van der Waals surface area contributed by atoms with Crippen LogP contribution >= 0.6 is 0 Å². The van der Waals surface area contributed by atoms with Crippen LogP contribution in [-0.2, 0) is 6.54 Å². The van der Waals surface area contributed by atoms with E-state index in [-0.39, 0.29) is 0 Å². The summed E-state index contributed by atoms with van der Waals surface area (Å²) >= 11 is 0. The monoisotopic (exact) mass is 230 g/mol. The molecule has 1 N–H and O–H groups in total. The summed E-state index contributed by atoms with van der Waals surface area (Å²) in [4.78, 5) is 2.74. The minimum atomic E-state index is 0.706. The Balaban J connectivity index is 1.75. The highest BCUT2D eigenvalue weighted by atomic mass is 15.3. The summed E-state index contributed by atoms with van der Waals surface area (Å²) in [6, 6.07) is 13.1. The molecule has 0 saturated carbocycles. The third kappa shape index (κ3) is 2.12. The van der Waals surface area contributed by atoms with E-state index in [2.05, 4.69) is 47.5 Å². The zero-order valence-electron chi connectivity index (χ0n) is 10.6. The summed E-state index contributed by atoms with van der Waals surface area (Å²) in [5.41, 5.74) is 1.46. The average Bonchev–Trinajstić information content (AvgIpc) is 2.64. The van der Waals surface area contributed by atoms with E-state index in [0.717, 1.165) is 18.6 Å². The van der Waals surface area contributed by atoms with Gasteiger partial charge in [-0.25, -0.2) is 0 Å². The van der Waals surface area contributed by atoms with E-state index in [1.165, 1.54) is 31.4 Å². The summed E-state index contributed by atoms with van der Waals surface area (Å²) in [5, 5.41) is 3.70. The minimum absolute atomic E-state index is 0.706. The van der Waals surface area contributed by atoms with Crippen molar-refractivity contribution in [3.63, 3.8) is 0 Å². The highest BCUT2D eigenvalue weighted by Gasteiger charge is 2.40. The van der Waals surface area contributed by atoms with Gasteiger partial charge in [0.15, 0.2) is 0 Å². The summed E-state index contributed by atoms with van der Waals surface area (Å²) in [7, 11) is 0. The molecule has 0 unspecified atom stereocenters. The predicted octanol–water partition coefficient (Wildman–Crippen LogP) is 2.40. The van der Waals surface area contributed by atoms with Crippen LogP contribution < -0.4 is 5.32 Å². The van der Waals surface area contributed by atoms with Crippen LogP contribution in [0.3, 0.4) is 0 Å². The Morgan fingerprint density at radius 1 is 1.24 bits per heavy atom. The molecular formula is C15H22N2. The number of benzene rings is 1. The van der Waals surface area contributed by atoms with E-state index in [9.17, 15) is 0 Å². The first kappa shape index (κ1) is 11.2. The number of rotatable bonds is 3. The second-order valence-corrected chi connectivity index (χ2v) is 5.38. The standard InChI is InChI=1S/C15H22N2/c1-2-14-15-9-8-13(10-16-14)17(15)11-12-6-4-3-5-7-12/h3-7,13-16H,2,8-11H2,1H3/t13-,14-,15+/m0/s1. The fraction of sp³-hybridized carbons (Fsp3) is 0.600. The maximum Gasteiger partial charge on any atom is 0.0256 e. The van der Waals surface area contributed by atoms with Gasteiger partial charge in [0.25, 0.3) is 0 Å². The van der Waals surface area contributed by atoms with Gasteiger partial charge in [-0.1, -0.05) is 37.3 Å². The Hall–Kier alpha value is -0.860. The van der Waals surface area contributed by atoms with Crippen molar-refractivity contribution >= 4 is 0 Å². The molecule has 3 rings (SSSR count). The maximum absolute atomic E-state index is 3.70. The lowest BCUT2D eigenvalue weighted by Crippen LogP contribution is -2.57. The van der Waals surface area contributed by atoms with Gasteiger partial charge in [-0.15, -0.1) is 0 Å². The minimum Gasteiger partial charge on any atom is -0.311 e. The molecule has 2 heteroatoms. The smallest absolute Gasteiger partial charge is 0.0256 e. The Morgan fingerprint density at radius 3 is 2.82 bits per heavy atom. The van der Waals surface area contributed by atoms with Crippen molar-refractivity contribution in [1.29, 1.82) is 0 Å². The van der Waals surface area contributed by atoms with Crippen molar-refractivity contribution in [1.82, 2.24) is 10.2 Å². The maximum atomic E-state index is 3.70. The third-order valence-electron chi connectivity index (χ3n) is 4.42. The summed E-state index contributed by atoms with van der Waals surface area (Å²) in [5.74, 6) is 0. The SMILES string of the molecule is CC[C@@H]1NC[C@@H]2CC[C@H]1N2Cc1ccccc1. The predicted molar refractivity (Wildman–Crippen MR) is 70.9 cm³/mol. The molecule has 2 aliphatic heterocycles. The second-order valence-electron chi connectivity index (χ2n) is 5.38. The Kier molecular flexibility index (Phi) is 3.17. The van der Waals surface area contributed by atoms with Gasteiger partial charge < -0.3 is 5.32 Å². The van der Waals surface area contributed by atoms with Crippen molar-refractivity contribution in [2.45, 2.75) is 50.9 Å². The van der Waals surface area contributed by atoms with Gasteiger partial charge in [-0.05, 0) is 24.8 Å². The normalized spacial score (nSPS) is 32.9. The molecule has 0 radical (unpaired) electrons. The van der Waals surface area contributed by atoms with Crippen LogP contribution in [0.2, 0.25) is 0 Å². The Morgan fingerprint density at radius 2 is 2.06 bits per heavy atom. The molecule has 0 aromatic heterocycles. The summed E-state index contributed by atoms with van der Waals surface area (Å²) < 4.78 is 0. The molecular weight excluding hydrogens is 208 g/mol. The fourth-order valence-electron chi connectivity index (χ4n) is 3.50. The van der Waals surface area contributed by atoms with Gasteiger partial charge in [0.1, 0.15) is 0 Å². The highest BCUT2D eigenvalue weighted by molar-refractivity contribution is 5.16. The molecule has 1 aromatic rings. The molecule has 3 atom stereocenters. The molecule has 0 spiro atoms. The quantitative estimate of drug-likeness (QED) is 0.858. The lowest BCUT2D eigenvalue weighted by Gasteiger charge is -2.40. The van der Waals surface area contributed by atoms with Gasteiger partial charge in [-0.2, -0.15) is 0 Å². The molecule has 17 heavy (non-hydrogen) atoms. The zero-order valence-corrected chi connectivity index (χ0v) is 10.6. The number of nitrogens with zero attached hydrogens (tertiary/aromatic N) is 1. The number of hydrogen-bond donors (Lipinski definition) is 1. The van der Waals surface area contributed by atoms with Gasteiger partial charge in [0.2, 0.25) is 0 Å². The molecule has 2 heterocycles. The lowest BCUT2D eigenvalue weighted by atomic mass is 10.0. The molecule has 92 valence electrons. The van der Waals surface area contributed by atoms with Gasteiger partial charge in [-0.3, -0.25) is 4.90 Å². The number of hydrogen-bond acceptors (Lipinski definition) is 2. The van der Waals surface area contributed by atoms with Gasteiger partial charge in [0.05, 0.1) is 0 Å². The lowest BCUT2D eigenvalue weighted by molar-refractivity contribution is 0.106. The molecule has 0 amide bonds. The summed E-state index contributed by atoms with van der Waals surface area (Å²) in [6.07, 6.45) is 4.01. The molecule has 2 bridgehead atoms. The van der Waals surface area contributed by atoms with E-state index >= 15 is 0 Å².